The first-order valence-corrected chi connectivity index (χ1v) is 12.5. The van der Waals surface area contributed by atoms with Crippen LogP contribution < -0.4 is 0 Å². The molecule has 0 bridgehead atoms. The fourth-order valence-corrected chi connectivity index (χ4v) is 8.20. The molecule has 0 radical (unpaired) electrons. The molecule has 0 spiro atoms. The molecule has 0 amide bonds. The summed E-state index contributed by atoms with van der Waals surface area (Å²) < 4.78 is 5.46. The van der Waals surface area contributed by atoms with Gasteiger partial charge in [-0.1, -0.05) is 32.4 Å². The number of allylic oxidation sites excluding steroid dienone is 4. The van der Waals surface area contributed by atoms with Gasteiger partial charge in [0.15, 0.2) is 11.6 Å². The van der Waals surface area contributed by atoms with Crippen LogP contribution in [0.25, 0.3) is 0 Å². The second-order valence-electron chi connectivity index (χ2n) is 10.9. The second-order valence-corrected chi connectivity index (χ2v) is 11.2. The smallest absolute Gasteiger partial charge is 0.308 e. The molecule has 32 heavy (non-hydrogen) atoms. The van der Waals surface area contributed by atoms with Crippen molar-refractivity contribution in [1.29, 1.82) is 0 Å². The zero-order valence-electron chi connectivity index (χ0n) is 19.3. The minimum absolute atomic E-state index is 0.0198. The lowest BCUT2D eigenvalue weighted by Crippen LogP contribution is -2.52. The van der Waals surface area contributed by atoms with E-state index in [9.17, 15) is 14.4 Å². The van der Waals surface area contributed by atoms with Gasteiger partial charge in [-0.2, -0.15) is 0 Å². The Balaban J connectivity index is 1.64. The normalized spacial score (nSPS) is 42.5. The van der Waals surface area contributed by atoms with E-state index >= 15 is 0 Å². The standard InChI is InChI=1S/C26H35ClO5/c1-15-10-18-19(25(2)7-4-17(29)12-20(15)25)5-8-26(3)21(18)11-16(24(26)22(30)13-27)14-32-23(31)6-9-28/h4,7,12,15-16,18-19,21,24,28H,5-6,8-11,13-14H2,1-3H3/t15-,16+,18+,19-,21-,24+,25+,26-/m0/s1. The Bertz CT molecular complexity index is 862. The van der Waals surface area contributed by atoms with E-state index in [2.05, 4.69) is 26.8 Å². The van der Waals surface area contributed by atoms with Crippen molar-refractivity contribution in [2.75, 3.05) is 19.1 Å². The summed E-state index contributed by atoms with van der Waals surface area (Å²) in [7, 11) is 0. The molecule has 1 N–H and O–H groups in total. The van der Waals surface area contributed by atoms with Crippen LogP contribution >= 0.6 is 11.6 Å². The minimum atomic E-state index is -0.423. The molecule has 6 heteroatoms. The molecule has 0 saturated heterocycles. The molecule has 8 atom stereocenters. The highest BCUT2D eigenvalue weighted by Gasteiger charge is 2.63. The lowest BCUT2D eigenvalue weighted by molar-refractivity contribution is -0.147. The number of aliphatic hydroxyl groups excluding tert-OH is 1. The van der Waals surface area contributed by atoms with E-state index in [0.29, 0.717) is 23.7 Å². The summed E-state index contributed by atoms with van der Waals surface area (Å²) in [4.78, 5) is 37.0. The number of ether oxygens (including phenoxy) is 1. The summed E-state index contributed by atoms with van der Waals surface area (Å²) in [5.74, 6) is 1.01. The van der Waals surface area contributed by atoms with Crippen LogP contribution in [0, 0.1) is 46.3 Å². The van der Waals surface area contributed by atoms with E-state index in [1.807, 2.05) is 6.08 Å². The Hall–Kier alpha value is -1.46. The average molecular weight is 463 g/mol. The Labute approximate surface area is 195 Å². The molecule has 4 rings (SSSR count). The Morgan fingerprint density at radius 1 is 1.25 bits per heavy atom. The summed E-state index contributed by atoms with van der Waals surface area (Å²) in [6, 6.07) is 0. The Morgan fingerprint density at radius 2 is 2.00 bits per heavy atom. The molecule has 0 aromatic heterocycles. The quantitative estimate of drug-likeness (QED) is 0.474. The molecule has 4 aliphatic carbocycles. The van der Waals surface area contributed by atoms with Crippen LogP contribution in [0.4, 0.5) is 0 Å². The summed E-state index contributed by atoms with van der Waals surface area (Å²) in [6.07, 6.45) is 9.50. The van der Waals surface area contributed by atoms with E-state index in [1.165, 1.54) is 5.57 Å². The Morgan fingerprint density at radius 3 is 2.69 bits per heavy atom. The largest absolute Gasteiger partial charge is 0.465 e. The van der Waals surface area contributed by atoms with E-state index in [4.69, 9.17) is 21.4 Å². The SMILES string of the molecule is C[C@H]1C[C@H]2[C@@H]3C[C@H](COC(=O)CCO)[C@H](C(=O)CCl)[C@@]3(C)CC[C@@H]2[C@@]2(C)C=CC(=O)C=C12. The second kappa shape index (κ2) is 8.72. The highest BCUT2D eigenvalue weighted by molar-refractivity contribution is 6.28. The molecule has 0 heterocycles. The molecular weight excluding hydrogens is 428 g/mol. The monoisotopic (exact) mass is 462 g/mol. The number of carbonyl (C=O) groups excluding carboxylic acids is 3. The number of hydrogen-bond donors (Lipinski definition) is 1. The maximum atomic E-state index is 13.0. The maximum Gasteiger partial charge on any atom is 0.308 e. The summed E-state index contributed by atoms with van der Waals surface area (Å²) in [5, 5.41) is 9.00. The number of aliphatic hydroxyl groups is 1. The number of halogens is 1. The fraction of sp³-hybridized carbons (Fsp3) is 0.731. The minimum Gasteiger partial charge on any atom is -0.465 e. The molecule has 4 aliphatic rings. The number of Topliss-reactive ketones (excluding diaryl/α,β-unsaturated/α-hetero) is 1. The number of esters is 1. The van der Waals surface area contributed by atoms with Crippen LogP contribution in [0.1, 0.15) is 52.9 Å². The lowest BCUT2D eigenvalue weighted by Gasteiger charge is -2.58. The van der Waals surface area contributed by atoms with Crippen molar-refractivity contribution in [1.82, 2.24) is 0 Å². The van der Waals surface area contributed by atoms with Crippen molar-refractivity contribution in [2.45, 2.75) is 52.9 Å². The van der Waals surface area contributed by atoms with Gasteiger partial charge in [0.25, 0.3) is 0 Å². The van der Waals surface area contributed by atoms with E-state index in [0.717, 1.165) is 25.7 Å². The number of fused-ring (bicyclic) bond motifs is 5. The van der Waals surface area contributed by atoms with Gasteiger partial charge >= 0.3 is 5.97 Å². The fourth-order valence-electron chi connectivity index (χ4n) is 8.04. The molecule has 0 aromatic carbocycles. The topological polar surface area (TPSA) is 80.7 Å². The van der Waals surface area contributed by atoms with Crippen LogP contribution in [0.15, 0.2) is 23.8 Å². The zero-order valence-corrected chi connectivity index (χ0v) is 20.1. The number of rotatable bonds is 6. The first-order chi connectivity index (χ1) is 15.2. The molecule has 176 valence electrons. The molecular formula is C26H35ClO5. The number of hydrogen-bond acceptors (Lipinski definition) is 5. The maximum absolute atomic E-state index is 13.0. The first-order valence-electron chi connectivity index (χ1n) is 12.0. The van der Waals surface area contributed by atoms with Crippen molar-refractivity contribution in [2.24, 2.45) is 46.3 Å². The van der Waals surface area contributed by atoms with Crippen LogP contribution in [-0.2, 0) is 19.1 Å². The molecule has 3 saturated carbocycles. The van der Waals surface area contributed by atoms with Gasteiger partial charge in [-0.15, -0.1) is 11.6 Å². The summed E-state index contributed by atoms with van der Waals surface area (Å²) in [6.45, 7) is 6.73. The average Bonchev–Trinajstić information content (AvgIpc) is 3.06. The van der Waals surface area contributed by atoms with Crippen molar-refractivity contribution in [3.63, 3.8) is 0 Å². The van der Waals surface area contributed by atoms with Crippen molar-refractivity contribution in [3.05, 3.63) is 23.8 Å². The van der Waals surface area contributed by atoms with Gasteiger partial charge < -0.3 is 9.84 Å². The lowest BCUT2D eigenvalue weighted by atomic mass is 9.46. The number of alkyl halides is 1. The van der Waals surface area contributed by atoms with Gasteiger partial charge in [-0.25, -0.2) is 0 Å². The van der Waals surface area contributed by atoms with E-state index in [-0.39, 0.29) is 59.7 Å². The van der Waals surface area contributed by atoms with Crippen molar-refractivity contribution < 1.29 is 24.2 Å². The highest BCUT2D eigenvalue weighted by atomic mass is 35.5. The van der Waals surface area contributed by atoms with Gasteiger partial charge in [-0.3, -0.25) is 14.4 Å². The number of carbonyl (C=O) groups is 3. The van der Waals surface area contributed by atoms with Crippen LogP contribution in [0.5, 0.6) is 0 Å². The first kappa shape index (κ1) is 23.7. The molecule has 0 aliphatic heterocycles. The molecule has 0 aromatic rings. The molecule has 5 nitrogen and oxygen atoms in total. The third-order valence-corrected chi connectivity index (χ3v) is 9.57. The third kappa shape index (κ3) is 3.69. The van der Waals surface area contributed by atoms with Crippen molar-refractivity contribution in [3.8, 4) is 0 Å². The molecule has 0 unspecified atom stereocenters. The van der Waals surface area contributed by atoms with Gasteiger partial charge in [0.2, 0.25) is 0 Å². The Kier molecular flexibility index (Phi) is 6.45. The van der Waals surface area contributed by atoms with Gasteiger partial charge in [0, 0.05) is 17.3 Å². The van der Waals surface area contributed by atoms with E-state index in [1.54, 1.807) is 6.08 Å². The van der Waals surface area contributed by atoms with Gasteiger partial charge in [0.05, 0.1) is 25.5 Å². The van der Waals surface area contributed by atoms with Crippen molar-refractivity contribution >= 4 is 29.1 Å². The predicted octanol–water partition coefficient (Wildman–Crippen LogP) is 4.12. The van der Waals surface area contributed by atoms with Crippen LogP contribution in [0.3, 0.4) is 0 Å². The number of ketones is 2. The van der Waals surface area contributed by atoms with Crippen LogP contribution in [-0.4, -0.2) is 41.7 Å². The van der Waals surface area contributed by atoms with E-state index < -0.39 is 5.97 Å². The zero-order chi connectivity index (χ0) is 23.3. The summed E-state index contributed by atoms with van der Waals surface area (Å²) >= 11 is 6.05. The van der Waals surface area contributed by atoms with Gasteiger partial charge in [-0.05, 0) is 66.9 Å². The van der Waals surface area contributed by atoms with Gasteiger partial charge in [0.1, 0.15) is 0 Å². The third-order valence-electron chi connectivity index (χ3n) is 9.31. The molecule has 3 fully saturated rings. The predicted molar refractivity (Wildman–Crippen MR) is 122 cm³/mol. The summed E-state index contributed by atoms with van der Waals surface area (Å²) in [5.41, 5.74) is 0.984. The highest BCUT2D eigenvalue weighted by Crippen LogP contribution is 2.68. The van der Waals surface area contributed by atoms with Crippen LogP contribution in [0.2, 0.25) is 0 Å².